The van der Waals surface area contributed by atoms with Gasteiger partial charge in [-0.2, -0.15) is 0 Å². The fraction of sp³-hybridized carbons (Fsp3) is 0.409. The van der Waals surface area contributed by atoms with Crippen molar-refractivity contribution in [2.24, 2.45) is 0 Å². The van der Waals surface area contributed by atoms with Crippen molar-refractivity contribution in [2.75, 3.05) is 19.2 Å². The molecule has 0 amide bonds. The quantitative estimate of drug-likeness (QED) is 0.430. The van der Waals surface area contributed by atoms with Crippen molar-refractivity contribution in [1.29, 1.82) is 0 Å². The lowest BCUT2D eigenvalue weighted by atomic mass is 9.90. The predicted molar refractivity (Wildman–Crippen MR) is 116 cm³/mol. The van der Waals surface area contributed by atoms with Crippen molar-refractivity contribution in [1.82, 2.24) is 10.0 Å². The Morgan fingerprint density at radius 3 is 2.59 bits per heavy atom. The lowest BCUT2D eigenvalue weighted by Gasteiger charge is -2.35. The molecule has 12 heteroatoms. The van der Waals surface area contributed by atoms with Crippen LogP contribution in [-0.4, -0.2) is 56.9 Å². The second-order valence-electron chi connectivity index (χ2n) is 7.82. The Kier molecular flexibility index (Phi) is 8.50. The number of benzene rings is 2. The fourth-order valence-electron chi connectivity index (χ4n) is 3.85. The lowest BCUT2D eigenvalue weighted by Crippen LogP contribution is -2.59. The van der Waals surface area contributed by atoms with E-state index in [0.29, 0.717) is 0 Å². The highest BCUT2D eigenvalue weighted by Crippen LogP contribution is 2.35. The van der Waals surface area contributed by atoms with E-state index in [-0.39, 0.29) is 54.9 Å². The molecule has 3 rings (SSSR count). The first-order valence-corrected chi connectivity index (χ1v) is 12.1. The summed E-state index contributed by atoms with van der Waals surface area (Å²) in [4.78, 5) is 10.7. The summed E-state index contributed by atoms with van der Waals surface area (Å²) in [6.45, 7) is -0.114. The zero-order valence-corrected chi connectivity index (χ0v) is 18.8. The van der Waals surface area contributed by atoms with Crippen LogP contribution in [0.1, 0.15) is 18.4 Å². The molecule has 2 aromatic carbocycles. The van der Waals surface area contributed by atoms with Gasteiger partial charge in [-0.25, -0.2) is 30.7 Å². The van der Waals surface area contributed by atoms with Crippen LogP contribution in [0.25, 0.3) is 11.1 Å². The number of ether oxygens (including phenoxy) is 1. The summed E-state index contributed by atoms with van der Waals surface area (Å²) >= 11 is 0. The number of alkyl halides is 2. The van der Waals surface area contributed by atoms with Crippen molar-refractivity contribution in [3.05, 3.63) is 53.6 Å². The summed E-state index contributed by atoms with van der Waals surface area (Å²) in [5.41, 5.74) is 0.115. The first kappa shape index (κ1) is 25.9. The molecule has 1 saturated heterocycles. The van der Waals surface area contributed by atoms with Gasteiger partial charge in [0.25, 0.3) is 0 Å². The number of carbonyl (C=O) groups is 1. The van der Waals surface area contributed by atoms with E-state index in [4.69, 9.17) is 9.84 Å². The van der Waals surface area contributed by atoms with Crippen LogP contribution in [0.2, 0.25) is 0 Å². The molecule has 1 aliphatic rings. The van der Waals surface area contributed by atoms with Crippen LogP contribution in [-0.2, 0) is 21.2 Å². The van der Waals surface area contributed by atoms with E-state index in [2.05, 4.69) is 5.32 Å². The average molecular weight is 505 g/mol. The normalized spacial score (nSPS) is 20.8. The first-order valence-electron chi connectivity index (χ1n) is 10.5. The number of aliphatic carboxylic acids is 1. The van der Waals surface area contributed by atoms with Crippen molar-refractivity contribution in [3.63, 3.8) is 0 Å². The van der Waals surface area contributed by atoms with Crippen LogP contribution >= 0.6 is 0 Å². The maximum Gasteiger partial charge on any atom is 0.306 e. The smallest absolute Gasteiger partial charge is 0.306 e. The van der Waals surface area contributed by atoms with Gasteiger partial charge in [-0.1, -0.05) is 30.3 Å². The molecule has 2 aromatic rings. The monoisotopic (exact) mass is 504 g/mol. The van der Waals surface area contributed by atoms with Crippen LogP contribution in [0.3, 0.4) is 0 Å². The maximum atomic E-state index is 15.5. The highest BCUT2D eigenvalue weighted by atomic mass is 32.2. The average Bonchev–Trinajstić information content (AvgIpc) is 2.78. The molecule has 1 fully saturated rings. The number of halogens is 4. The Balaban J connectivity index is 1.91. The van der Waals surface area contributed by atoms with Gasteiger partial charge in [0.1, 0.15) is 12.0 Å². The Labute approximate surface area is 194 Å². The highest BCUT2D eigenvalue weighted by molar-refractivity contribution is 7.89. The minimum Gasteiger partial charge on any atom is -0.489 e. The molecule has 3 unspecified atom stereocenters. The number of piperidine rings is 1. The molecule has 1 aliphatic heterocycles. The molecule has 186 valence electrons. The molecule has 3 N–H and O–H groups in total. The second-order valence-corrected chi connectivity index (χ2v) is 9.51. The fourth-order valence-corrected chi connectivity index (χ4v) is 4.64. The molecular formula is C22H24F4N2O5S. The third kappa shape index (κ3) is 6.24. The van der Waals surface area contributed by atoms with Gasteiger partial charge >= 0.3 is 5.97 Å². The molecule has 0 saturated carbocycles. The molecule has 7 nitrogen and oxygen atoms in total. The molecular weight excluding hydrogens is 480 g/mol. The van der Waals surface area contributed by atoms with E-state index in [1.807, 2.05) is 4.72 Å². The zero-order valence-electron chi connectivity index (χ0n) is 17.9. The number of para-hydroxylation sites is 1. The molecule has 34 heavy (non-hydrogen) atoms. The number of rotatable bonds is 10. The number of carboxylic acid groups (broad SMARTS) is 1. The van der Waals surface area contributed by atoms with E-state index in [1.54, 1.807) is 0 Å². The zero-order chi connectivity index (χ0) is 24.9. The number of hydrogen-bond donors (Lipinski definition) is 3. The van der Waals surface area contributed by atoms with Gasteiger partial charge < -0.3 is 15.2 Å². The number of sulfonamides is 1. The summed E-state index contributed by atoms with van der Waals surface area (Å²) in [5.74, 6) is -3.02. The highest BCUT2D eigenvalue weighted by Gasteiger charge is 2.36. The third-order valence-corrected chi connectivity index (χ3v) is 6.37. The van der Waals surface area contributed by atoms with Crippen LogP contribution in [0, 0.1) is 11.6 Å². The van der Waals surface area contributed by atoms with Crippen LogP contribution in [0.15, 0.2) is 36.4 Å². The van der Waals surface area contributed by atoms with Gasteiger partial charge in [0.2, 0.25) is 16.0 Å². The Hall–Kier alpha value is -2.70. The van der Waals surface area contributed by atoms with Crippen LogP contribution < -0.4 is 14.8 Å². The second kappa shape index (κ2) is 11.2. The molecule has 1 heterocycles. The van der Waals surface area contributed by atoms with Crippen molar-refractivity contribution in [3.8, 4) is 16.9 Å². The van der Waals surface area contributed by atoms with E-state index >= 15 is 4.39 Å². The first-order chi connectivity index (χ1) is 16.1. The van der Waals surface area contributed by atoms with Crippen LogP contribution in [0.5, 0.6) is 5.75 Å². The Bertz CT molecular complexity index is 1130. The standard InChI is InChI=1S/C22H24F4N2O5S/c23-12-34(31,32)28-21-16(24)7-9-27-18(21)11-13-3-1-4-14(20(13)26)15-5-2-6-17(25)22(15)33-10-8-19(29)30/h1-6,16,18,21,27-28H,7-12H2,(H,29,30). The van der Waals surface area contributed by atoms with Gasteiger partial charge in [-0.15, -0.1) is 0 Å². The minimum absolute atomic E-state index is 0.00116. The third-order valence-electron chi connectivity index (χ3n) is 5.45. The summed E-state index contributed by atoms with van der Waals surface area (Å²) in [5, 5.41) is 11.7. The number of nitrogens with one attached hydrogen (secondary N) is 2. The predicted octanol–water partition coefficient (Wildman–Crippen LogP) is 2.94. The van der Waals surface area contributed by atoms with E-state index in [1.165, 1.54) is 30.3 Å². The largest absolute Gasteiger partial charge is 0.489 e. The van der Waals surface area contributed by atoms with E-state index < -0.39 is 51.9 Å². The lowest BCUT2D eigenvalue weighted by molar-refractivity contribution is -0.137. The van der Waals surface area contributed by atoms with Crippen LogP contribution in [0.4, 0.5) is 17.6 Å². The molecule has 3 atom stereocenters. The number of carboxylic acids is 1. The van der Waals surface area contributed by atoms with Crippen molar-refractivity contribution in [2.45, 2.75) is 37.5 Å². The van der Waals surface area contributed by atoms with Crippen molar-refractivity contribution >= 4 is 16.0 Å². The summed E-state index contributed by atoms with van der Waals surface area (Å²) in [6.07, 6.45) is -2.12. The van der Waals surface area contributed by atoms with Crippen molar-refractivity contribution < 1.29 is 40.6 Å². The topological polar surface area (TPSA) is 105 Å². The molecule has 0 radical (unpaired) electrons. The Morgan fingerprint density at radius 1 is 1.18 bits per heavy atom. The molecule has 0 spiro atoms. The van der Waals surface area contributed by atoms with E-state index in [0.717, 1.165) is 6.07 Å². The van der Waals surface area contributed by atoms with E-state index in [9.17, 15) is 26.4 Å². The Morgan fingerprint density at radius 2 is 1.88 bits per heavy atom. The van der Waals surface area contributed by atoms with Gasteiger partial charge in [-0.3, -0.25) is 4.79 Å². The number of hydrogen-bond acceptors (Lipinski definition) is 5. The van der Waals surface area contributed by atoms with Gasteiger partial charge in [-0.05, 0) is 31.0 Å². The van der Waals surface area contributed by atoms with Gasteiger partial charge in [0.05, 0.1) is 19.1 Å². The van der Waals surface area contributed by atoms with Gasteiger partial charge in [0, 0.05) is 17.2 Å². The summed E-state index contributed by atoms with van der Waals surface area (Å²) in [6, 6.07) is 4.27. The molecule has 0 bridgehead atoms. The molecule has 0 aromatic heterocycles. The maximum absolute atomic E-state index is 15.5. The summed E-state index contributed by atoms with van der Waals surface area (Å²) < 4.78 is 87.8. The summed E-state index contributed by atoms with van der Waals surface area (Å²) in [7, 11) is -4.35. The SMILES string of the molecule is O=C(O)CCOc1c(F)cccc1-c1cccc(CC2NCCC(F)C2NS(=O)(=O)CF)c1F. The minimum atomic E-state index is -4.35. The molecule has 0 aliphatic carbocycles. The van der Waals surface area contributed by atoms with Gasteiger partial charge in [0.15, 0.2) is 11.6 Å².